The van der Waals surface area contributed by atoms with Crippen molar-refractivity contribution in [2.75, 3.05) is 11.9 Å². The van der Waals surface area contributed by atoms with Gasteiger partial charge in [0.25, 0.3) is 11.1 Å². The van der Waals surface area contributed by atoms with Gasteiger partial charge in [0.15, 0.2) is 0 Å². The summed E-state index contributed by atoms with van der Waals surface area (Å²) in [7, 11) is 0. The molecule has 1 N–H and O–H groups in total. The van der Waals surface area contributed by atoms with Crippen molar-refractivity contribution in [3.05, 3.63) is 76.3 Å². The molecule has 0 aliphatic heterocycles. The number of aryl methyl sites for hydroxylation is 2. The van der Waals surface area contributed by atoms with Gasteiger partial charge in [-0.3, -0.25) is 14.2 Å². The largest absolute Gasteiger partial charge is 0.462 e. The van der Waals surface area contributed by atoms with Gasteiger partial charge in [-0.15, -0.1) is 0 Å². The number of esters is 1. The Morgan fingerprint density at radius 1 is 1.12 bits per heavy atom. The summed E-state index contributed by atoms with van der Waals surface area (Å²) >= 11 is 0. The van der Waals surface area contributed by atoms with Gasteiger partial charge >= 0.3 is 5.97 Å². The Morgan fingerprint density at radius 2 is 1.91 bits per heavy atom. The highest BCUT2D eigenvalue weighted by molar-refractivity contribution is 5.94. The van der Waals surface area contributed by atoms with Crippen molar-refractivity contribution < 1.29 is 18.8 Å². The quantitative estimate of drug-likeness (QED) is 0.397. The van der Waals surface area contributed by atoms with Crippen LogP contribution in [-0.2, 0) is 22.5 Å². The summed E-state index contributed by atoms with van der Waals surface area (Å²) in [4.78, 5) is 41.5. The summed E-state index contributed by atoms with van der Waals surface area (Å²) in [6.45, 7) is 4.17. The molecule has 0 bridgehead atoms. The Kier molecular flexibility index (Phi) is 6.82. The number of aromatic nitrogens is 3. The fourth-order valence-electron chi connectivity index (χ4n) is 3.49. The maximum atomic E-state index is 12.8. The number of hydrogen-bond acceptors (Lipinski definition) is 7. The van der Waals surface area contributed by atoms with Gasteiger partial charge in [-0.2, -0.15) is 0 Å². The topological polar surface area (TPSA) is 116 Å². The van der Waals surface area contributed by atoms with Gasteiger partial charge in [0.05, 0.1) is 18.5 Å². The number of hydrogen-bond donors (Lipinski definition) is 1. The fourth-order valence-corrected chi connectivity index (χ4v) is 3.49. The second-order valence-electron chi connectivity index (χ2n) is 7.60. The van der Waals surface area contributed by atoms with Crippen LogP contribution in [0.15, 0.2) is 64.2 Å². The first kappa shape index (κ1) is 22.9. The van der Waals surface area contributed by atoms with Gasteiger partial charge in [0.2, 0.25) is 5.91 Å². The Morgan fingerprint density at radius 3 is 2.65 bits per heavy atom. The normalized spacial score (nSPS) is 10.9. The number of rotatable bonds is 8. The average Bonchev–Trinajstić information content (AvgIpc) is 3.29. The van der Waals surface area contributed by atoms with Crippen LogP contribution in [0, 0.1) is 0 Å². The molecule has 34 heavy (non-hydrogen) atoms. The minimum Gasteiger partial charge on any atom is -0.462 e. The molecule has 0 unspecified atom stereocenters. The SMILES string of the molecule is CCOC(=O)c1cccc(NC(=O)CCn2cnc3c(-c4ccc(CC)cc4)noc3c2=O)c1. The monoisotopic (exact) mass is 460 g/mol. The highest BCUT2D eigenvalue weighted by Gasteiger charge is 2.17. The predicted octanol–water partition coefficient (Wildman–Crippen LogP) is 3.82. The molecule has 0 saturated carbocycles. The van der Waals surface area contributed by atoms with Gasteiger partial charge in [-0.25, -0.2) is 9.78 Å². The highest BCUT2D eigenvalue weighted by atomic mass is 16.5. The molecule has 9 nitrogen and oxygen atoms in total. The molecular weight excluding hydrogens is 436 g/mol. The minimum absolute atomic E-state index is 0.0240. The summed E-state index contributed by atoms with van der Waals surface area (Å²) in [5.74, 6) is -0.778. The number of carbonyl (C=O) groups excluding carboxylic acids is 2. The number of anilines is 1. The van der Waals surface area contributed by atoms with Gasteiger partial charge < -0.3 is 14.6 Å². The van der Waals surface area contributed by atoms with Crippen molar-refractivity contribution in [3.63, 3.8) is 0 Å². The van der Waals surface area contributed by atoms with Crippen LogP contribution in [-0.4, -0.2) is 33.2 Å². The third-order valence-electron chi connectivity index (χ3n) is 5.32. The first-order valence-corrected chi connectivity index (χ1v) is 11.0. The number of fused-ring (bicyclic) bond motifs is 1. The van der Waals surface area contributed by atoms with Crippen LogP contribution in [0.2, 0.25) is 0 Å². The molecule has 0 aliphatic carbocycles. The molecule has 174 valence electrons. The first-order valence-electron chi connectivity index (χ1n) is 11.0. The van der Waals surface area contributed by atoms with Crippen molar-refractivity contribution in [2.45, 2.75) is 33.2 Å². The van der Waals surface area contributed by atoms with E-state index in [0.29, 0.717) is 22.5 Å². The molecule has 4 aromatic rings. The highest BCUT2D eigenvalue weighted by Crippen LogP contribution is 2.25. The van der Waals surface area contributed by atoms with Crippen LogP contribution in [0.4, 0.5) is 5.69 Å². The van der Waals surface area contributed by atoms with Gasteiger partial charge in [-0.1, -0.05) is 42.4 Å². The number of nitrogens with zero attached hydrogens (tertiary/aromatic N) is 3. The zero-order chi connectivity index (χ0) is 24.1. The van der Waals surface area contributed by atoms with E-state index < -0.39 is 11.5 Å². The zero-order valence-electron chi connectivity index (χ0n) is 18.9. The van der Waals surface area contributed by atoms with Gasteiger partial charge in [0.1, 0.15) is 11.2 Å². The number of nitrogens with one attached hydrogen (secondary N) is 1. The maximum absolute atomic E-state index is 12.8. The molecule has 0 fully saturated rings. The van der Waals surface area contributed by atoms with Gasteiger partial charge in [-0.05, 0) is 37.1 Å². The molecule has 2 aromatic heterocycles. The smallest absolute Gasteiger partial charge is 0.338 e. The summed E-state index contributed by atoms with van der Waals surface area (Å²) in [5, 5.41) is 6.76. The Labute approximate surface area is 195 Å². The molecule has 1 amide bonds. The Bertz CT molecular complexity index is 1390. The lowest BCUT2D eigenvalue weighted by molar-refractivity contribution is -0.116. The predicted molar refractivity (Wildman–Crippen MR) is 127 cm³/mol. The number of ether oxygens (including phenoxy) is 1. The van der Waals surface area contributed by atoms with Crippen LogP contribution in [0.25, 0.3) is 22.4 Å². The van der Waals surface area contributed by atoms with Crippen LogP contribution in [0.3, 0.4) is 0 Å². The molecule has 0 spiro atoms. The van der Waals surface area contributed by atoms with Crippen molar-refractivity contribution in [1.82, 2.24) is 14.7 Å². The molecule has 2 aromatic carbocycles. The van der Waals surface area contributed by atoms with Crippen molar-refractivity contribution in [3.8, 4) is 11.3 Å². The van der Waals surface area contributed by atoms with E-state index in [-0.39, 0.29) is 31.1 Å². The lowest BCUT2D eigenvalue weighted by Gasteiger charge is -2.08. The lowest BCUT2D eigenvalue weighted by atomic mass is 10.1. The molecule has 0 aliphatic rings. The second-order valence-corrected chi connectivity index (χ2v) is 7.60. The Balaban J connectivity index is 1.45. The van der Waals surface area contributed by atoms with Gasteiger partial charge in [0, 0.05) is 24.2 Å². The van der Waals surface area contributed by atoms with Crippen molar-refractivity contribution >= 4 is 28.7 Å². The van der Waals surface area contributed by atoms with E-state index in [1.165, 1.54) is 16.5 Å². The Hall–Kier alpha value is -4.27. The fraction of sp³-hybridized carbons (Fsp3) is 0.240. The number of amides is 1. The van der Waals surface area contributed by atoms with Crippen molar-refractivity contribution in [2.24, 2.45) is 0 Å². The van der Waals surface area contributed by atoms with Crippen LogP contribution in [0.5, 0.6) is 0 Å². The molecular formula is C25H24N4O5. The third-order valence-corrected chi connectivity index (χ3v) is 5.32. The first-order chi connectivity index (χ1) is 16.5. The van der Waals surface area contributed by atoms with E-state index in [4.69, 9.17) is 9.26 Å². The standard InChI is InChI=1S/C25H24N4O5/c1-3-16-8-10-17(11-9-16)21-22-23(34-28-21)24(31)29(15-26-22)13-12-20(30)27-19-7-5-6-18(14-19)25(32)33-4-2/h5-11,14-15H,3-4,12-13H2,1-2H3,(H,27,30). The number of benzene rings is 2. The molecule has 9 heteroatoms. The third kappa shape index (κ3) is 4.88. The summed E-state index contributed by atoms with van der Waals surface area (Å²) < 4.78 is 11.6. The minimum atomic E-state index is -0.461. The molecule has 0 radical (unpaired) electrons. The van der Waals surface area contributed by atoms with Crippen LogP contribution < -0.4 is 10.9 Å². The van der Waals surface area contributed by atoms with E-state index in [2.05, 4.69) is 22.4 Å². The molecule has 4 rings (SSSR count). The summed E-state index contributed by atoms with van der Waals surface area (Å²) in [6.07, 6.45) is 2.34. The average molecular weight is 460 g/mol. The van der Waals surface area contributed by atoms with E-state index in [1.54, 1.807) is 31.2 Å². The summed E-state index contributed by atoms with van der Waals surface area (Å²) in [5.41, 5.74) is 3.32. The molecule has 0 atom stereocenters. The molecule has 0 saturated heterocycles. The van der Waals surface area contributed by atoms with E-state index >= 15 is 0 Å². The number of carbonyl (C=O) groups is 2. The van der Waals surface area contributed by atoms with Crippen molar-refractivity contribution in [1.29, 1.82) is 0 Å². The maximum Gasteiger partial charge on any atom is 0.338 e. The van der Waals surface area contributed by atoms with Crippen LogP contribution in [0.1, 0.15) is 36.2 Å². The van der Waals surface area contributed by atoms with E-state index in [0.717, 1.165) is 12.0 Å². The lowest BCUT2D eigenvalue weighted by Crippen LogP contribution is -2.23. The summed E-state index contributed by atoms with van der Waals surface area (Å²) in [6, 6.07) is 14.3. The van der Waals surface area contributed by atoms with Crippen LogP contribution >= 0.6 is 0 Å². The molecule has 2 heterocycles. The van der Waals surface area contributed by atoms with E-state index in [9.17, 15) is 14.4 Å². The zero-order valence-corrected chi connectivity index (χ0v) is 18.9. The van der Waals surface area contributed by atoms with E-state index in [1.807, 2.05) is 24.3 Å². The second kappa shape index (κ2) is 10.1.